The first kappa shape index (κ1) is 26.2. The number of piperazine rings is 1. The van der Waals surface area contributed by atoms with Gasteiger partial charge in [0.2, 0.25) is 0 Å². The van der Waals surface area contributed by atoms with Crippen LogP contribution in [-0.4, -0.2) is 94.1 Å². The summed E-state index contributed by atoms with van der Waals surface area (Å²) >= 11 is 0. The Kier molecular flexibility index (Phi) is 9.04. The van der Waals surface area contributed by atoms with Gasteiger partial charge in [-0.2, -0.15) is 0 Å². The maximum absolute atomic E-state index is 12.3. The number of nitrogens with one attached hydrogen (secondary N) is 1. The minimum Gasteiger partial charge on any atom is -0.369 e. The first-order chi connectivity index (χ1) is 14.1. The zero-order chi connectivity index (χ0) is 21.9. The van der Waals surface area contributed by atoms with Crippen LogP contribution < -0.4 is 10.2 Å². The normalized spacial score (nSPS) is 21.5. The van der Waals surface area contributed by atoms with Gasteiger partial charge in [0, 0.05) is 65.1 Å². The SMILES string of the molecule is CN=C(NCCN1CCN(c2cccc(C)c2C)CC1)N1CCS(=O)(=O)C(C)(C)C1.I. The van der Waals surface area contributed by atoms with Crippen LogP contribution in [0.1, 0.15) is 25.0 Å². The fourth-order valence-electron chi connectivity index (χ4n) is 4.27. The highest BCUT2D eigenvalue weighted by Gasteiger charge is 2.40. The second-order valence-corrected chi connectivity index (χ2v) is 11.8. The van der Waals surface area contributed by atoms with E-state index in [0.717, 1.165) is 45.2 Å². The van der Waals surface area contributed by atoms with Crippen molar-refractivity contribution >= 4 is 45.5 Å². The highest BCUT2D eigenvalue weighted by Crippen LogP contribution is 2.24. The zero-order valence-electron chi connectivity index (χ0n) is 19.5. The third-order valence-electron chi connectivity index (χ3n) is 6.55. The summed E-state index contributed by atoms with van der Waals surface area (Å²) < 4.78 is 23.8. The Bertz CT molecular complexity index is 880. The summed E-state index contributed by atoms with van der Waals surface area (Å²) in [4.78, 5) is 11.4. The van der Waals surface area contributed by atoms with E-state index >= 15 is 0 Å². The van der Waals surface area contributed by atoms with Gasteiger partial charge in [0.1, 0.15) is 0 Å². The molecule has 1 aromatic rings. The van der Waals surface area contributed by atoms with Crippen molar-refractivity contribution in [2.24, 2.45) is 4.99 Å². The number of guanidine groups is 1. The summed E-state index contributed by atoms with van der Waals surface area (Å²) in [5.41, 5.74) is 4.08. The number of aliphatic imine (C=N–C) groups is 1. The Morgan fingerprint density at radius 1 is 1.13 bits per heavy atom. The summed E-state index contributed by atoms with van der Waals surface area (Å²) in [6, 6.07) is 6.54. The van der Waals surface area contributed by atoms with Gasteiger partial charge in [0.25, 0.3) is 0 Å². The molecule has 1 aromatic carbocycles. The van der Waals surface area contributed by atoms with Crippen LogP contribution in [0.3, 0.4) is 0 Å². The fraction of sp³-hybridized carbons (Fsp3) is 0.682. The molecule has 1 N–H and O–H groups in total. The Morgan fingerprint density at radius 2 is 1.81 bits per heavy atom. The molecule has 9 heteroatoms. The molecule has 2 saturated heterocycles. The van der Waals surface area contributed by atoms with E-state index in [1.807, 2.05) is 0 Å². The van der Waals surface area contributed by atoms with Crippen LogP contribution in [0.4, 0.5) is 5.69 Å². The fourth-order valence-corrected chi connectivity index (χ4v) is 5.64. The number of anilines is 1. The van der Waals surface area contributed by atoms with Crippen molar-refractivity contribution in [3.05, 3.63) is 29.3 Å². The number of nitrogens with zero attached hydrogens (tertiary/aromatic N) is 4. The third kappa shape index (κ3) is 6.04. The lowest BCUT2D eigenvalue weighted by atomic mass is 10.1. The number of hydrogen-bond donors (Lipinski definition) is 1. The summed E-state index contributed by atoms with van der Waals surface area (Å²) in [5, 5.41) is 3.44. The number of benzene rings is 1. The van der Waals surface area contributed by atoms with E-state index in [4.69, 9.17) is 0 Å². The van der Waals surface area contributed by atoms with Crippen molar-refractivity contribution < 1.29 is 8.42 Å². The average Bonchev–Trinajstić information content (AvgIpc) is 2.70. The standard InChI is InChI=1S/C22H37N5O2S.HI/c1-18-7-6-8-20(19(18)2)26-13-11-25(12-14-26)10-9-24-21(23-5)27-15-16-30(28,29)22(3,4)17-27;/h6-8H,9-17H2,1-5H3,(H,23,24);1H. The van der Waals surface area contributed by atoms with Crippen LogP contribution in [0.5, 0.6) is 0 Å². The molecule has 3 rings (SSSR count). The predicted molar refractivity (Wildman–Crippen MR) is 141 cm³/mol. The maximum atomic E-state index is 12.3. The van der Waals surface area contributed by atoms with Crippen LogP contribution in [0.2, 0.25) is 0 Å². The molecular weight excluding hydrogens is 525 g/mol. The molecule has 0 unspecified atom stereocenters. The highest BCUT2D eigenvalue weighted by molar-refractivity contribution is 14.0. The summed E-state index contributed by atoms with van der Waals surface area (Å²) in [7, 11) is -1.28. The summed E-state index contributed by atoms with van der Waals surface area (Å²) in [5.74, 6) is 0.980. The molecule has 2 aliphatic heterocycles. The molecule has 0 bridgehead atoms. The van der Waals surface area contributed by atoms with Crippen LogP contribution in [0.15, 0.2) is 23.2 Å². The van der Waals surface area contributed by atoms with Crippen LogP contribution >= 0.6 is 24.0 Å². The van der Waals surface area contributed by atoms with Gasteiger partial charge in [-0.05, 0) is 44.9 Å². The molecule has 0 aliphatic carbocycles. The lowest BCUT2D eigenvalue weighted by Crippen LogP contribution is -2.58. The van der Waals surface area contributed by atoms with E-state index in [2.05, 4.69) is 57.1 Å². The first-order valence-corrected chi connectivity index (χ1v) is 12.5. The van der Waals surface area contributed by atoms with Gasteiger partial charge in [-0.25, -0.2) is 8.42 Å². The van der Waals surface area contributed by atoms with Crippen LogP contribution in [0.25, 0.3) is 0 Å². The quantitative estimate of drug-likeness (QED) is 0.344. The number of halogens is 1. The molecule has 2 heterocycles. The summed E-state index contributed by atoms with van der Waals surface area (Å²) in [6.07, 6.45) is 0. The molecule has 176 valence electrons. The minimum atomic E-state index is -3.04. The lowest BCUT2D eigenvalue weighted by Gasteiger charge is -2.39. The Morgan fingerprint density at radius 3 is 2.42 bits per heavy atom. The highest BCUT2D eigenvalue weighted by atomic mass is 127. The minimum absolute atomic E-state index is 0. The van der Waals surface area contributed by atoms with Crippen molar-refractivity contribution in [3.63, 3.8) is 0 Å². The van der Waals surface area contributed by atoms with Crippen molar-refractivity contribution in [1.29, 1.82) is 0 Å². The van der Waals surface area contributed by atoms with Gasteiger partial charge in [-0.3, -0.25) is 9.89 Å². The number of rotatable bonds is 4. The Hall–Kier alpha value is -1.07. The Balaban J connectivity index is 0.00000341. The molecule has 31 heavy (non-hydrogen) atoms. The van der Waals surface area contributed by atoms with Crippen molar-refractivity contribution in [2.75, 3.05) is 70.1 Å². The van der Waals surface area contributed by atoms with E-state index in [1.165, 1.54) is 16.8 Å². The largest absolute Gasteiger partial charge is 0.369 e. The topological polar surface area (TPSA) is 68.2 Å². The maximum Gasteiger partial charge on any atom is 0.193 e. The van der Waals surface area contributed by atoms with Crippen LogP contribution in [-0.2, 0) is 9.84 Å². The van der Waals surface area contributed by atoms with Crippen molar-refractivity contribution in [3.8, 4) is 0 Å². The third-order valence-corrected chi connectivity index (χ3v) is 9.09. The molecule has 0 spiro atoms. The van der Waals surface area contributed by atoms with Gasteiger partial charge in [0.15, 0.2) is 15.8 Å². The molecule has 0 aromatic heterocycles. The van der Waals surface area contributed by atoms with Gasteiger partial charge in [-0.1, -0.05) is 12.1 Å². The number of hydrogen-bond acceptors (Lipinski definition) is 5. The van der Waals surface area contributed by atoms with E-state index in [9.17, 15) is 8.42 Å². The average molecular weight is 564 g/mol. The molecule has 2 aliphatic rings. The molecule has 7 nitrogen and oxygen atoms in total. The number of aryl methyl sites for hydroxylation is 1. The molecule has 2 fully saturated rings. The van der Waals surface area contributed by atoms with Crippen LogP contribution in [0, 0.1) is 13.8 Å². The van der Waals surface area contributed by atoms with Crippen molar-refractivity contribution in [2.45, 2.75) is 32.4 Å². The van der Waals surface area contributed by atoms with Gasteiger partial charge in [-0.15, -0.1) is 24.0 Å². The molecule has 0 radical (unpaired) electrons. The van der Waals surface area contributed by atoms with Gasteiger partial charge >= 0.3 is 0 Å². The van der Waals surface area contributed by atoms with E-state index in [1.54, 1.807) is 20.9 Å². The smallest absolute Gasteiger partial charge is 0.193 e. The van der Waals surface area contributed by atoms with Gasteiger partial charge in [0.05, 0.1) is 10.5 Å². The van der Waals surface area contributed by atoms with Gasteiger partial charge < -0.3 is 15.1 Å². The summed E-state index contributed by atoms with van der Waals surface area (Å²) in [6.45, 7) is 14.9. The number of sulfone groups is 1. The van der Waals surface area contributed by atoms with E-state index in [-0.39, 0.29) is 29.7 Å². The Labute approximate surface area is 205 Å². The molecular formula is C22H38IN5O2S. The first-order valence-electron chi connectivity index (χ1n) is 10.9. The second kappa shape index (κ2) is 10.7. The monoisotopic (exact) mass is 563 g/mol. The van der Waals surface area contributed by atoms with Crippen molar-refractivity contribution in [1.82, 2.24) is 15.1 Å². The lowest BCUT2D eigenvalue weighted by molar-refractivity contribution is 0.259. The van der Waals surface area contributed by atoms with E-state index < -0.39 is 14.6 Å². The van der Waals surface area contributed by atoms with E-state index in [0.29, 0.717) is 13.1 Å². The molecule has 0 amide bonds. The second-order valence-electron chi connectivity index (χ2n) is 9.02. The molecule has 0 atom stereocenters. The predicted octanol–water partition coefficient (Wildman–Crippen LogP) is 2.13. The zero-order valence-corrected chi connectivity index (χ0v) is 22.7. The molecule has 0 saturated carbocycles.